The Morgan fingerprint density at radius 2 is 1.35 bits per heavy atom. The predicted octanol–water partition coefficient (Wildman–Crippen LogP) is 5.96. The van der Waals surface area contributed by atoms with Crippen molar-refractivity contribution in [3.8, 4) is 0 Å². The van der Waals surface area contributed by atoms with E-state index in [4.69, 9.17) is 0 Å². The summed E-state index contributed by atoms with van der Waals surface area (Å²) in [7, 11) is 0. The van der Waals surface area contributed by atoms with Crippen molar-refractivity contribution in [2.24, 2.45) is 0 Å². The van der Waals surface area contributed by atoms with Gasteiger partial charge in [-0.3, -0.25) is 0 Å². The third kappa shape index (κ3) is 3.30. The van der Waals surface area contributed by atoms with Crippen LogP contribution in [0, 0.1) is 0 Å². The van der Waals surface area contributed by atoms with Gasteiger partial charge in [0.25, 0.3) is 0 Å². The number of nitrogens with one attached hydrogen (secondary N) is 1. The van der Waals surface area contributed by atoms with E-state index in [1.54, 1.807) is 12.2 Å². The zero-order chi connectivity index (χ0) is 28.0. The summed E-state index contributed by atoms with van der Waals surface area (Å²) >= 11 is 0. The van der Waals surface area contributed by atoms with Crippen LogP contribution in [0.1, 0.15) is 38.8 Å². The molecule has 3 aliphatic rings. The van der Waals surface area contributed by atoms with Crippen molar-refractivity contribution in [3.63, 3.8) is 0 Å². The molecule has 0 fully saturated rings. The van der Waals surface area contributed by atoms with Crippen LogP contribution < -0.4 is 10.8 Å². The third-order valence-electron chi connectivity index (χ3n) is 8.91. The van der Waals surface area contributed by atoms with E-state index in [1.807, 2.05) is 30.3 Å². The summed E-state index contributed by atoms with van der Waals surface area (Å²) in [5.41, 5.74) is 5.22. The molecule has 5 heteroatoms. The quantitative estimate of drug-likeness (QED) is 0.194. The number of Topliss-reactive ketones (excluding diaryl/α,β-unsaturated/α-hetero) is 2. The molecule has 0 aromatic heterocycles. The van der Waals surface area contributed by atoms with E-state index in [0.717, 1.165) is 49.4 Å². The molecule has 2 N–H and O–H groups in total. The van der Waals surface area contributed by atoms with E-state index < -0.39 is 22.4 Å². The normalized spacial score (nSPS) is 20.8. The minimum absolute atomic E-state index is 0.0308. The average Bonchev–Trinajstić information content (AvgIpc) is 3.44. The topological polar surface area (TPSA) is 66.4 Å². The van der Waals surface area contributed by atoms with Crippen LogP contribution in [0.3, 0.4) is 0 Å². The van der Waals surface area contributed by atoms with Crippen molar-refractivity contribution in [2.75, 3.05) is 5.32 Å². The van der Waals surface area contributed by atoms with Crippen LogP contribution in [0.15, 0.2) is 108 Å². The number of carbonyl (C=O) groups is 2. The summed E-state index contributed by atoms with van der Waals surface area (Å²) < 4.78 is 0. The Labute approximate surface area is 233 Å². The predicted molar refractivity (Wildman–Crippen MR) is 164 cm³/mol. The number of carbonyl (C=O) groups excluding carboxylic acids is 2. The van der Waals surface area contributed by atoms with E-state index in [-0.39, 0.29) is 16.9 Å². The molecular formula is C35H28BNO3. The van der Waals surface area contributed by atoms with Crippen molar-refractivity contribution in [3.05, 3.63) is 119 Å². The van der Waals surface area contributed by atoms with Crippen LogP contribution in [-0.2, 0) is 20.4 Å². The number of hydrogen-bond donors (Lipinski definition) is 2. The van der Waals surface area contributed by atoms with Crippen molar-refractivity contribution in [1.29, 1.82) is 0 Å². The van der Waals surface area contributed by atoms with Crippen molar-refractivity contribution in [2.45, 2.75) is 38.5 Å². The van der Waals surface area contributed by atoms with Gasteiger partial charge < -0.3 is 0 Å². The van der Waals surface area contributed by atoms with Crippen molar-refractivity contribution in [1.82, 2.24) is 0 Å². The van der Waals surface area contributed by atoms with Gasteiger partial charge in [0.15, 0.2) is 0 Å². The fourth-order valence-electron chi connectivity index (χ4n) is 6.69. The van der Waals surface area contributed by atoms with Gasteiger partial charge in [0.1, 0.15) is 0 Å². The van der Waals surface area contributed by atoms with Crippen molar-refractivity contribution < 1.29 is 14.7 Å². The van der Waals surface area contributed by atoms with Gasteiger partial charge in [-0.25, -0.2) is 0 Å². The molecule has 4 nitrogen and oxygen atoms in total. The Balaban J connectivity index is 1.31. The summed E-state index contributed by atoms with van der Waals surface area (Å²) in [5, 5.41) is 19.3. The van der Waals surface area contributed by atoms with Gasteiger partial charge in [-0.1, -0.05) is 6.07 Å². The number of rotatable bonds is 2. The Morgan fingerprint density at radius 3 is 2.05 bits per heavy atom. The Hall–Kier alpha value is -4.51. The molecule has 0 spiro atoms. The fourth-order valence-corrected chi connectivity index (χ4v) is 6.69. The molecule has 2 heterocycles. The first-order valence-electron chi connectivity index (χ1n) is 13.6. The number of anilines is 1. The summed E-state index contributed by atoms with van der Waals surface area (Å²) in [6.45, 7) is 10.5. The maximum atomic E-state index is 13.2. The molecule has 7 rings (SSSR count). The molecule has 0 unspecified atom stereocenters. The second kappa shape index (κ2) is 8.25. The molecule has 0 saturated carbocycles. The number of benzene rings is 4. The number of fused-ring (bicyclic) bond motifs is 6. The summed E-state index contributed by atoms with van der Waals surface area (Å²) in [5.74, 6) is -1.63. The van der Waals surface area contributed by atoms with Gasteiger partial charge in [-0.2, -0.15) is 0 Å². The number of aliphatic hydroxyl groups excluding tert-OH is 1. The van der Waals surface area contributed by atoms with Gasteiger partial charge in [0.05, 0.1) is 0 Å². The van der Waals surface area contributed by atoms with E-state index in [0.29, 0.717) is 0 Å². The summed E-state index contributed by atoms with van der Waals surface area (Å²) in [6.07, 6.45) is 3.35. The van der Waals surface area contributed by atoms with E-state index in [9.17, 15) is 14.7 Å². The van der Waals surface area contributed by atoms with Crippen LogP contribution in [0.2, 0.25) is 0 Å². The van der Waals surface area contributed by atoms with Crippen molar-refractivity contribution >= 4 is 56.6 Å². The van der Waals surface area contributed by atoms with Crippen LogP contribution in [-0.4, -0.2) is 29.1 Å². The molecule has 1 aliphatic carbocycles. The summed E-state index contributed by atoms with van der Waals surface area (Å²) in [6, 6.07) is 24.8. The van der Waals surface area contributed by atoms with Gasteiger partial charge in [0, 0.05) is 0 Å². The molecule has 4 aromatic rings. The first-order valence-corrected chi connectivity index (χ1v) is 13.6. The number of aliphatic hydroxyl groups is 1. The third-order valence-corrected chi connectivity index (χ3v) is 8.91. The molecule has 0 atom stereocenters. The molecule has 0 saturated heterocycles. The second-order valence-electron chi connectivity index (χ2n) is 12.0. The first-order chi connectivity index (χ1) is 19.1. The van der Waals surface area contributed by atoms with Gasteiger partial charge in [0.2, 0.25) is 0 Å². The van der Waals surface area contributed by atoms with Crippen LogP contribution in [0.5, 0.6) is 0 Å². The molecule has 194 valence electrons. The van der Waals surface area contributed by atoms with Crippen LogP contribution >= 0.6 is 0 Å². The summed E-state index contributed by atoms with van der Waals surface area (Å²) in [4.78, 5) is 26.5. The second-order valence-corrected chi connectivity index (χ2v) is 12.0. The molecule has 40 heavy (non-hydrogen) atoms. The SMILES string of the molecule is CC1(C)C(/C=C2\C(=O)C(=O)C(/C=C3/Nc4ccc5ccccc5c4C3(C)C)=C2O)=Bc2ccc3ccccc3c21. The van der Waals surface area contributed by atoms with E-state index in [1.165, 1.54) is 5.56 Å². The Morgan fingerprint density at radius 1 is 0.725 bits per heavy atom. The molecular weight excluding hydrogens is 493 g/mol. The van der Waals surface area contributed by atoms with E-state index in [2.05, 4.69) is 82.4 Å². The zero-order valence-electron chi connectivity index (χ0n) is 22.9. The van der Waals surface area contributed by atoms with Gasteiger partial charge in [-0.05, 0) is 0 Å². The number of ketones is 2. The Kier molecular flexibility index (Phi) is 5.06. The molecule has 0 radical (unpaired) electrons. The minimum atomic E-state index is -0.686. The fraction of sp³-hybridized carbons (Fsp3) is 0.171. The molecule has 4 aromatic carbocycles. The number of hydrogen-bond acceptors (Lipinski definition) is 4. The Bertz CT molecular complexity index is 1970. The molecule has 0 amide bonds. The average molecular weight is 521 g/mol. The standard InChI is InChI=1S/C35H28BNO3/c1-34(2)27(36-25-15-13-19-9-5-7-11-21(19)29(25)34)17-23-31(38)24(33(40)32(23)39)18-28-35(3,4)30-22-12-8-6-10-20(22)14-16-26(30)37-28/h5-18,37-38H,1-4H3/b23-17-,28-18+. The van der Waals surface area contributed by atoms with Gasteiger partial charge >= 0.3 is 228 Å². The zero-order valence-corrected chi connectivity index (χ0v) is 22.9. The van der Waals surface area contributed by atoms with Crippen LogP contribution in [0.25, 0.3) is 21.5 Å². The number of allylic oxidation sites excluding steroid dienone is 5. The van der Waals surface area contributed by atoms with Crippen LogP contribution in [0.4, 0.5) is 5.69 Å². The van der Waals surface area contributed by atoms with E-state index >= 15 is 0 Å². The first kappa shape index (κ1) is 24.5. The molecule has 2 aliphatic heterocycles. The maximum absolute atomic E-state index is 13.2. The van der Waals surface area contributed by atoms with Gasteiger partial charge in [-0.15, -0.1) is 0 Å². The monoisotopic (exact) mass is 521 g/mol. The molecule has 0 bridgehead atoms.